The molecule has 1 heterocycles. The molecule has 1 atom stereocenters. The molecule has 0 aromatic carbocycles. The molecule has 84 valence electrons. The lowest BCUT2D eigenvalue weighted by molar-refractivity contribution is 0.231. The first kappa shape index (κ1) is 11.2. The minimum atomic E-state index is 0.628. The number of thiophene rings is 1. The van der Waals surface area contributed by atoms with Crippen molar-refractivity contribution in [3.05, 3.63) is 21.9 Å². The maximum atomic E-state index is 3.71. The Morgan fingerprint density at radius 3 is 2.80 bits per heavy atom. The van der Waals surface area contributed by atoms with Crippen molar-refractivity contribution in [1.29, 1.82) is 0 Å². The summed E-state index contributed by atoms with van der Waals surface area (Å²) in [5.74, 6) is 0.894. The fourth-order valence-electron chi connectivity index (χ4n) is 2.26. The third-order valence-electron chi connectivity index (χ3n) is 3.35. The largest absolute Gasteiger partial charge is 0.310 e. The van der Waals surface area contributed by atoms with E-state index in [2.05, 4.69) is 30.6 Å². The number of aryl methyl sites for hydroxylation is 1. The van der Waals surface area contributed by atoms with Crippen LogP contribution in [0.3, 0.4) is 0 Å². The molecular formula is C13H21NS. The van der Waals surface area contributed by atoms with Crippen LogP contribution in [-0.4, -0.2) is 6.54 Å². The Bertz CT molecular complexity index is 301. The van der Waals surface area contributed by atoms with Crippen molar-refractivity contribution in [1.82, 2.24) is 5.32 Å². The van der Waals surface area contributed by atoms with Gasteiger partial charge in [-0.2, -0.15) is 0 Å². The monoisotopic (exact) mass is 223 g/mol. The van der Waals surface area contributed by atoms with Crippen molar-refractivity contribution in [3.8, 4) is 0 Å². The minimum absolute atomic E-state index is 0.628. The Morgan fingerprint density at radius 1 is 1.53 bits per heavy atom. The second kappa shape index (κ2) is 5.13. The maximum Gasteiger partial charge on any atom is 0.0357 e. The van der Waals surface area contributed by atoms with Gasteiger partial charge in [0, 0.05) is 10.9 Å². The lowest BCUT2D eigenvalue weighted by Gasteiger charge is -2.34. The van der Waals surface area contributed by atoms with Crippen LogP contribution in [0.1, 0.15) is 49.1 Å². The van der Waals surface area contributed by atoms with Crippen LogP contribution in [0.2, 0.25) is 0 Å². The predicted octanol–water partition coefficient (Wildman–Crippen LogP) is 3.90. The smallest absolute Gasteiger partial charge is 0.0357 e. The quantitative estimate of drug-likeness (QED) is 0.798. The van der Waals surface area contributed by atoms with Crippen LogP contribution in [0.15, 0.2) is 11.4 Å². The van der Waals surface area contributed by atoms with Crippen LogP contribution in [0, 0.1) is 12.8 Å². The highest BCUT2D eigenvalue weighted by Gasteiger charge is 2.28. The van der Waals surface area contributed by atoms with Gasteiger partial charge in [-0.1, -0.05) is 13.3 Å². The van der Waals surface area contributed by atoms with Gasteiger partial charge in [0.05, 0.1) is 0 Å². The van der Waals surface area contributed by atoms with E-state index in [0.29, 0.717) is 6.04 Å². The molecule has 15 heavy (non-hydrogen) atoms. The van der Waals surface area contributed by atoms with E-state index in [0.717, 1.165) is 12.5 Å². The molecule has 1 saturated carbocycles. The van der Waals surface area contributed by atoms with Crippen molar-refractivity contribution in [2.45, 2.75) is 45.6 Å². The Kier molecular flexibility index (Phi) is 3.81. The van der Waals surface area contributed by atoms with Crippen LogP contribution in [-0.2, 0) is 0 Å². The molecule has 1 fully saturated rings. The molecule has 0 bridgehead atoms. The zero-order chi connectivity index (χ0) is 10.7. The van der Waals surface area contributed by atoms with E-state index in [1.54, 1.807) is 0 Å². The maximum absolute atomic E-state index is 3.71. The first-order valence-electron chi connectivity index (χ1n) is 6.09. The molecule has 0 radical (unpaired) electrons. The molecule has 0 amide bonds. The van der Waals surface area contributed by atoms with Crippen LogP contribution in [0.4, 0.5) is 0 Å². The van der Waals surface area contributed by atoms with Gasteiger partial charge in [-0.25, -0.2) is 0 Å². The van der Waals surface area contributed by atoms with Gasteiger partial charge in [0.15, 0.2) is 0 Å². The zero-order valence-corrected chi connectivity index (χ0v) is 10.6. The van der Waals surface area contributed by atoms with E-state index in [-0.39, 0.29) is 0 Å². The number of hydrogen-bond donors (Lipinski definition) is 1. The summed E-state index contributed by atoms with van der Waals surface area (Å²) < 4.78 is 0. The molecule has 1 aliphatic carbocycles. The van der Waals surface area contributed by atoms with Crippen molar-refractivity contribution in [2.75, 3.05) is 6.54 Å². The summed E-state index contributed by atoms with van der Waals surface area (Å²) in [4.78, 5) is 1.44. The minimum Gasteiger partial charge on any atom is -0.310 e. The molecule has 1 N–H and O–H groups in total. The average molecular weight is 223 g/mol. The van der Waals surface area contributed by atoms with Crippen LogP contribution in [0.5, 0.6) is 0 Å². The second-order valence-corrected chi connectivity index (χ2v) is 5.73. The number of hydrogen-bond acceptors (Lipinski definition) is 2. The molecule has 0 spiro atoms. The van der Waals surface area contributed by atoms with Gasteiger partial charge < -0.3 is 5.32 Å². The summed E-state index contributed by atoms with van der Waals surface area (Å²) in [7, 11) is 0. The standard InChI is InChI=1S/C13H21NS/c1-3-7-14-13(11-5-4-6-11)12-8-10(2)15-9-12/h8-9,11,13-14H,3-7H2,1-2H3. The molecular weight excluding hydrogens is 202 g/mol. The van der Waals surface area contributed by atoms with Crippen molar-refractivity contribution in [2.24, 2.45) is 5.92 Å². The molecule has 1 unspecified atom stereocenters. The first-order valence-corrected chi connectivity index (χ1v) is 6.97. The number of rotatable bonds is 5. The highest BCUT2D eigenvalue weighted by atomic mass is 32.1. The van der Waals surface area contributed by atoms with Gasteiger partial charge >= 0.3 is 0 Å². The summed E-state index contributed by atoms with van der Waals surface area (Å²) >= 11 is 1.88. The van der Waals surface area contributed by atoms with Gasteiger partial charge in [0.2, 0.25) is 0 Å². The lowest BCUT2D eigenvalue weighted by atomic mass is 9.77. The fraction of sp³-hybridized carbons (Fsp3) is 0.692. The molecule has 0 aliphatic heterocycles. The van der Waals surface area contributed by atoms with Gasteiger partial charge in [-0.05, 0) is 55.7 Å². The van der Waals surface area contributed by atoms with Crippen LogP contribution < -0.4 is 5.32 Å². The summed E-state index contributed by atoms with van der Waals surface area (Å²) in [5.41, 5.74) is 1.52. The molecule has 1 aliphatic rings. The van der Waals surface area contributed by atoms with E-state index >= 15 is 0 Å². The molecule has 1 nitrogen and oxygen atoms in total. The summed E-state index contributed by atoms with van der Waals surface area (Å²) in [6.07, 6.45) is 5.48. The van der Waals surface area contributed by atoms with Gasteiger partial charge in [0.1, 0.15) is 0 Å². The Labute approximate surface area is 96.9 Å². The SMILES string of the molecule is CCCNC(c1csc(C)c1)C1CCC1. The molecule has 1 aromatic heterocycles. The Balaban J connectivity index is 2.03. The van der Waals surface area contributed by atoms with Crippen LogP contribution in [0.25, 0.3) is 0 Å². The van der Waals surface area contributed by atoms with Crippen molar-refractivity contribution >= 4 is 11.3 Å². The zero-order valence-electron chi connectivity index (χ0n) is 9.75. The van der Waals surface area contributed by atoms with E-state index < -0.39 is 0 Å². The third kappa shape index (κ3) is 2.61. The first-order chi connectivity index (χ1) is 7.31. The summed E-state index contributed by atoms with van der Waals surface area (Å²) in [5, 5.41) is 6.04. The Hall–Kier alpha value is -0.340. The highest BCUT2D eigenvalue weighted by Crippen LogP contribution is 2.38. The molecule has 2 rings (SSSR count). The van der Waals surface area contributed by atoms with Gasteiger partial charge in [-0.15, -0.1) is 11.3 Å². The van der Waals surface area contributed by atoms with E-state index in [1.807, 2.05) is 11.3 Å². The summed E-state index contributed by atoms with van der Waals surface area (Å²) in [6.45, 7) is 5.59. The third-order valence-corrected chi connectivity index (χ3v) is 4.23. The highest BCUT2D eigenvalue weighted by molar-refractivity contribution is 7.10. The van der Waals surface area contributed by atoms with Gasteiger partial charge in [-0.3, -0.25) is 0 Å². The van der Waals surface area contributed by atoms with E-state index in [1.165, 1.54) is 36.1 Å². The fourth-order valence-corrected chi connectivity index (χ4v) is 3.00. The molecule has 1 aromatic rings. The number of nitrogens with one attached hydrogen (secondary N) is 1. The normalized spacial score (nSPS) is 18.8. The van der Waals surface area contributed by atoms with Crippen molar-refractivity contribution in [3.63, 3.8) is 0 Å². The topological polar surface area (TPSA) is 12.0 Å². The molecule has 2 heteroatoms. The van der Waals surface area contributed by atoms with E-state index in [9.17, 15) is 0 Å². The van der Waals surface area contributed by atoms with Crippen LogP contribution >= 0.6 is 11.3 Å². The Morgan fingerprint density at radius 2 is 2.33 bits per heavy atom. The average Bonchev–Trinajstić information content (AvgIpc) is 2.56. The van der Waals surface area contributed by atoms with Gasteiger partial charge in [0.25, 0.3) is 0 Å². The van der Waals surface area contributed by atoms with Crippen molar-refractivity contribution < 1.29 is 0 Å². The molecule has 0 saturated heterocycles. The van der Waals surface area contributed by atoms with E-state index in [4.69, 9.17) is 0 Å². The lowest BCUT2D eigenvalue weighted by Crippen LogP contribution is -2.32. The summed E-state index contributed by atoms with van der Waals surface area (Å²) in [6, 6.07) is 2.99. The predicted molar refractivity (Wildman–Crippen MR) is 67.4 cm³/mol. The second-order valence-electron chi connectivity index (χ2n) is 4.61.